The van der Waals surface area contributed by atoms with Gasteiger partial charge >= 0.3 is 0 Å². The molecular weight excluding hydrogens is 260 g/mol. The lowest BCUT2D eigenvalue weighted by Gasteiger charge is -2.16. The van der Waals surface area contributed by atoms with Gasteiger partial charge in [0.25, 0.3) is 0 Å². The average Bonchev–Trinajstić information content (AvgIpc) is 2.77. The van der Waals surface area contributed by atoms with Crippen molar-refractivity contribution in [3.05, 3.63) is 40.1 Å². The van der Waals surface area contributed by atoms with Crippen molar-refractivity contribution in [2.45, 2.75) is 12.5 Å². The molecule has 2 N–H and O–H groups in total. The Hall–Kier alpha value is -2.47. The van der Waals surface area contributed by atoms with Gasteiger partial charge in [0.2, 0.25) is 17.2 Å². The van der Waals surface area contributed by atoms with Crippen molar-refractivity contribution in [3.63, 3.8) is 0 Å². The number of benzene rings is 1. The van der Waals surface area contributed by atoms with Crippen LogP contribution < -0.4 is 16.1 Å². The zero-order chi connectivity index (χ0) is 14.3. The van der Waals surface area contributed by atoms with Gasteiger partial charge in [-0.2, -0.15) is 0 Å². The van der Waals surface area contributed by atoms with Gasteiger partial charge in [-0.3, -0.25) is 19.3 Å². The van der Waals surface area contributed by atoms with Crippen molar-refractivity contribution in [1.29, 1.82) is 0 Å². The summed E-state index contributed by atoms with van der Waals surface area (Å²) in [7, 11) is 0. The van der Waals surface area contributed by atoms with Gasteiger partial charge in [0.15, 0.2) is 6.29 Å². The summed E-state index contributed by atoms with van der Waals surface area (Å²) in [5.74, 6) is -0.263. The molecule has 1 amide bonds. The van der Waals surface area contributed by atoms with Gasteiger partial charge < -0.3 is 10.2 Å². The Balaban J connectivity index is 2.27. The molecule has 0 spiro atoms. The van der Waals surface area contributed by atoms with E-state index in [9.17, 15) is 14.4 Å². The Morgan fingerprint density at radius 2 is 2.05 bits per heavy atom. The number of hydrogen-bond acceptors (Lipinski definition) is 5. The lowest BCUT2D eigenvalue weighted by Crippen LogP contribution is -2.30. The van der Waals surface area contributed by atoms with E-state index in [2.05, 4.69) is 0 Å². The Bertz CT molecular complexity index is 765. The Kier molecular flexibility index (Phi) is 2.87. The summed E-state index contributed by atoms with van der Waals surface area (Å²) in [6.07, 6.45) is 0.597. The third-order valence-electron chi connectivity index (χ3n) is 3.33. The molecule has 1 fully saturated rings. The molecule has 1 atom stereocenters. The van der Waals surface area contributed by atoms with Crippen LogP contribution >= 0.6 is 0 Å². The molecular formula is C14H12N2O4. The third-order valence-corrected chi connectivity index (χ3v) is 3.33. The van der Waals surface area contributed by atoms with E-state index in [1.807, 2.05) is 0 Å². The lowest BCUT2D eigenvalue weighted by atomic mass is 10.1. The first-order chi connectivity index (χ1) is 9.61. The monoisotopic (exact) mass is 272 g/mol. The molecule has 0 radical (unpaired) electrons. The van der Waals surface area contributed by atoms with Crippen molar-refractivity contribution in [2.75, 3.05) is 11.4 Å². The van der Waals surface area contributed by atoms with E-state index in [1.165, 1.54) is 4.90 Å². The maximum Gasteiger partial charge on any atom is 0.231 e. The van der Waals surface area contributed by atoms with Crippen LogP contribution in [0, 0.1) is 0 Å². The van der Waals surface area contributed by atoms with Gasteiger partial charge in [-0.25, -0.2) is 0 Å². The van der Waals surface area contributed by atoms with Crippen LogP contribution in [0.5, 0.6) is 0 Å². The molecule has 2 heterocycles. The molecule has 20 heavy (non-hydrogen) atoms. The number of anilines is 1. The molecule has 1 aromatic carbocycles. The Morgan fingerprint density at radius 1 is 1.30 bits per heavy atom. The van der Waals surface area contributed by atoms with Crippen LogP contribution in [-0.4, -0.2) is 24.8 Å². The van der Waals surface area contributed by atoms with Crippen molar-refractivity contribution in [3.8, 4) is 0 Å². The zero-order valence-corrected chi connectivity index (χ0v) is 10.5. The summed E-state index contributed by atoms with van der Waals surface area (Å²) < 4.78 is 5.59. The minimum Gasteiger partial charge on any atom is -0.439 e. The number of nitrogens with two attached hydrogens (primary N) is 1. The van der Waals surface area contributed by atoms with Gasteiger partial charge in [0, 0.05) is 19.0 Å². The first-order valence-electron chi connectivity index (χ1n) is 6.19. The number of rotatable bonds is 2. The van der Waals surface area contributed by atoms with E-state index in [1.54, 1.807) is 24.3 Å². The molecule has 0 bridgehead atoms. The highest BCUT2D eigenvalue weighted by Crippen LogP contribution is 2.26. The second-order valence-electron chi connectivity index (χ2n) is 4.73. The molecule has 6 nitrogen and oxygen atoms in total. The van der Waals surface area contributed by atoms with Crippen LogP contribution in [-0.2, 0) is 4.79 Å². The smallest absolute Gasteiger partial charge is 0.231 e. The number of carbonyl (C=O) groups excluding carboxylic acids is 2. The quantitative estimate of drug-likeness (QED) is 0.811. The van der Waals surface area contributed by atoms with E-state index in [4.69, 9.17) is 10.2 Å². The average molecular weight is 272 g/mol. The first-order valence-corrected chi connectivity index (χ1v) is 6.19. The van der Waals surface area contributed by atoms with Crippen LogP contribution in [0.15, 0.2) is 33.5 Å². The molecule has 6 heteroatoms. The number of hydrogen-bond donors (Lipinski definition) is 1. The number of fused-ring (bicyclic) bond motifs is 1. The second kappa shape index (κ2) is 4.57. The zero-order valence-electron chi connectivity index (χ0n) is 10.5. The van der Waals surface area contributed by atoms with Gasteiger partial charge in [-0.05, 0) is 12.1 Å². The van der Waals surface area contributed by atoms with Crippen LogP contribution in [0.2, 0.25) is 0 Å². The topological polar surface area (TPSA) is 93.6 Å². The molecule has 0 saturated carbocycles. The predicted octanol–water partition coefficient (Wildman–Crippen LogP) is 0.669. The normalized spacial score (nSPS) is 18.8. The standard InChI is InChI=1S/C14H12N2O4/c15-8-5-12(18)16(6-8)14-10(7-17)13(19)9-3-1-2-4-11(9)20-14/h1-4,7-8H,5-6,15H2. The summed E-state index contributed by atoms with van der Waals surface area (Å²) >= 11 is 0. The fraction of sp³-hybridized carbons (Fsp3) is 0.214. The van der Waals surface area contributed by atoms with E-state index in [0.29, 0.717) is 17.3 Å². The van der Waals surface area contributed by atoms with Crippen LogP contribution in [0.3, 0.4) is 0 Å². The van der Waals surface area contributed by atoms with Crippen LogP contribution in [0.25, 0.3) is 11.0 Å². The Labute approximate surface area is 113 Å². The van der Waals surface area contributed by atoms with Crippen molar-refractivity contribution >= 4 is 29.0 Å². The van der Waals surface area contributed by atoms with Gasteiger partial charge in [0.1, 0.15) is 11.1 Å². The summed E-state index contributed by atoms with van der Waals surface area (Å²) in [6.45, 7) is 0.237. The summed E-state index contributed by atoms with van der Waals surface area (Å²) in [5.41, 5.74) is 5.48. The molecule has 3 rings (SSSR count). The predicted molar refractivity (Wildman–Crippen MR) is 72.8 cm³/mol. The molecule has 1 aliphatic rings. The number of nitrogens with zero attached hydrogens (tertiary/aromatic N) is 1. The largest absolute Gasteiger partial charge is 0.439 e. The van der Waals surface area contributed by atoms with E-state index in [-0.39, 0.29) is 36.4 Å². The summed E-state index contributed by atoms with van der Waals surface area (Å²) in [5, 5.41) is 0.314. The van der Waals surface area contributed by atoms with Crippen LogP contribution in [0.1, 0.15) is 16.8 Å². The van der Waals surface area contributed by atoms with E-state index in [0.717, 1.165) is 0 Å². The van der Waals surface area contributed by atoms with Gasteiger partial charge in [-0.1, -0.05) is 12.1 Å². The second-order valence-corrected chi connectivity index (χ2v) is 4.73. The minimum absolute atomic E-state index is 0.0124. The molecule has 1 aromatic heterocycles. The minimum atomic E-state index is -0.440. The maximum atomic E-state index is 12.3. The summed E-state index contributed by atoms with van der Waals surface area (Å²) in [4.78, 5) is 36.6. The fourth-order valence-electron chi connectivity index (χ4n) is 2.38. The van der Waals surface area contributed by atoms with Crippen molar-refractivity contribution in [1.82, 2.24) is 0 Å². The SMILES string of the molecule is NC1CC(=O)N(c2oc3ccccc3c(=O)c2C=O)C1. The van der Waals surface area contributed by atoms with E-state index < -0.39 is 5.43 Å². The van der Waals surface area contributed by atoms with Crippen molar-refractivity contribution in [2.24, 2.45) is 5.73 Å². The van der Waals surface area contributed by atoms with Gasteiger partial charge in [0.05, 0.1) is 5.39 Å². The van der Waals surface area contributed by atoms with Crippen molar-refractivity contribution < 1.29 is 14.0 Å². The fourth-order valence-corrected chi connectivity index (χ4v) is 2.38. The van der Waals surface area contributed by atoms with Crippen LogP contribution in [0.4, 0.5) is 5.88 Å². The third kappa shape index (κ3) is 1.81. The molecule has 2 aromatic rings. The molecule has 102 valence electrons. The van der Waals surface area contributed by atoms with Gasteiger partial charge in [-0.15, -0.1) is 0 Å². The molecule has 1 unspecified atom stereocenters. The highest BCUT2D eigenvalue weighted by Gasteiger charge is 2.32. The number of aldehydes is 1. The number of amides is 1. The molecule has 1 aliphatic heterocycles. The summed E-state index contributed by atoms with van der Waals surface area (Å²) in [6, 6.07) is 6.28. The molecule has 1 saturated heterocycles. The Morgan fingerprint density at radius 3 is 2.70 bits per heavy atom. The molecule has 0 aliphatic carbocycles. The highest BCUT2D eigenvalue weighted by molar-refractivity contribution is 6.00. The lowest BCUT2D eigenvalue weighted by molar-refractivity contribution is -0.117. The highest BCUT2D eigenvalue weighted by atomic mass is 16.4. The van der Waals surface area contributed by atoms with E-state index >= 15 is 0 Å². The number of para-hydroxylation sites is 1. The maximum absolute atomic E-state index is 12.3. The first kappa shape index (κ1) is 12.6. The number of carbonyl (C=O) groups is 2.